The molecule has 0 saturated heterocycles. The molecule has 7 nitrogen and oxygen atoms in total. The maximum Gasteiger partial charge on any atom is 0.240 e. The molecule has 0 spiro atoms. The predicted octanol–water partition coefficient (Wildman–Crippen LogP) is 3.90. The first-order valence-electron chi connectivity index (χ1n) is 12.3. The Labute approximate surface area is 208 Å². The van der Waals surface area contributed by atoms with Gasteiger partial charge in [0.15, 0.2) is 0 Å². The summed E-state index contributed by atoms with van der Waals surface area (Å²) in [5, 5.41) is 3.11. The molecule has 0 bridgehead atoms. The Morgan fingerprint density at radius 3 is 2.40 bits per heavy atom. The number of rotatable bonds is 7. The Bertz CT molecular complexity index is 1200. The van der Waals surface area contributed by atoms with Crippen LogP contribution in [-0.2, 0) is 25.0 Å². The number of fused-ring (bicyclic) bond motifs is 1. The molecule has 8 heteroatoms. The molecule has 0 radical (unpaired) electrons. The molecule has 4 rings (SSSR count). The summed E-state index contributed by atoms with van der Waals surface area (Å²) in [6, 6.07) is 14.7. The van der Waals surface area contributed by atoms with Crippen molar-refractivity contribution in [1.29, 1.82) is 0 Å². The van der Waals surface area contributed by atoms with Gasteiger partial charge < -0.3 is 10.2 Å². The van der Waals surface area contributed by atoms with Gasteiger partial charge in [-0.3, -0.25) is 9.59 Å². The van der Waals surface area contributed by atoms with E-state index in [1.54, 1.807) is 30.1 Å². The van der Waals surface area contributed by atoms with Crippen LogP contribution in [0.2, 0.25) is 0 Å². The maximum absolute atomic E-state index is 13.0. The summed E-state index contributed by atoms with van der Waals surface area (Å²) in [4.78, 5) is 27.0. The van der Waals surface area contributed by atoms with E-state index in [0.29, 0.717) is 6.54 Å². The summed E-state index contributed by atoms with van der Waals surface area (Å²) < 4.78 is 28.8. The Balaban J connectivity index is 1.31. The molecular weight excluding hydrogens is 462 g/mol. The van der Waals surface area contributed by atoms with Gasteiger partial charge in [0.25, 0.3) is 0 Å². The highest BCUT2D eigenvalue weighted by Gasteiger charge is 2.42. The lowest BCUT2D eigenvalue weighted by atomic mass is 9.81. The summed E-state index contributed by atoms with van der Waals surface area (Å²) in [7, 11) is -1.99. The predicted molar refractivity (Wildman–Crippen MR) is 137 cm³/mol. The molecule has 2 N–H and O–H groups in total. The summed E-state index contributed by atoms with van der Waals surface area (Å²) in [5.74, 6) is 0.177. The van der Waals surface area contributed by atoms with Crippen LogP contribution in [0.1, 0.15) is 63.6 Å². The first-order chi connectivity index (χ1) is 16.5. The minimum absolute atomic E-state index is 0.0394. The number of hydrogen-bond acceptors (Lipinski definition) is 4. The third-order valence-electron chi connectivity index (χ3n) is 7.59. The minimum atomic E-state index is -3.70. The van der Waals surface area contributed by atoms with Crippen LogP contribution in [0.4, 0.5) is 5.69 Å². The van der Waals surface area contributed by atoms with Crippen LogP contribution < -0.4 is 14.9 Å². The number of carbonyl (C=O) groups is 2. The van der Waals surface area contributed by atoms with Crippen LogP contribution in [0.5, 0.6) is 0 Å². The van der Waals surface area contributed by atoms with E-state index < -0.39 is 15.4 Å². The van der Waals surface area contributed by atoms with E-state index in [1.165, 1.54) is 0 Å². The third-order valence-corrected chi connectivity index (χ3v) is 9.01. The number of amides is 2. The molecule has 2 amide bonds. The first-order valence-corrected chi connectivity index (χ1v) is 13.8. The van der Waals surface area contributed by atoms with Crippen LogP contribution in [0.25, 0.3) is 0 Å². The zero-order valence-corrected chi connectivity index (χ0v) is 21.7. The maximum atomic E-state index is 13.0. The van der Waals surface area contributed by atoms with Crippen molar-refractivity contribution in [2.45, 2.75) is 62.8 Å². The van der Waals surface area contributed by atoms with E-state index in [0.717, 1.165) is 42.5 Å². The Hall–Kier alpha value is -2.71. The van der Waals surface area contributed by atoms with Crippen molar-refractivity contribution < 1.29 is 18.0 Å². The average molecular weight is 498 g/mol. The van der Waals surface area contributed by atoms with Crippen LogP contribution in [0.15, 0.2) is 53.4 Å². The Morgan fingerprint density at radius 2 is 1.74 bits per heavy atom. The van der Waals surface area contributed by atoms with E-state index >= 15 is 0 Å². The molecule has 2 aliphatic rings. The van der Waals surface area contributed by atoms with Crippen molar-refractivity contribution >= 4 is 27.5 Å². The molecular formula is C27H35N3O4S. The molecule has 1 aliphatic heterocycles. The number of sulfonamides is 1. The molecule has 2 aromatic carbocycles. The number of hydrogen-bond donors (Lipinski definition) is 2. The molecule has 1 aliphatic carbocycles. The van der Waals surface area contributed by atoms with Crippen molar-refractivity contribution in [3.63, 3.8) is 0 Å². The smallest absolute Gasteiger partial charge is 0.240 e. The molecule has 0 unspecified atom stereocenters. The van der Waals surface area contributed by atoms with Gasteiger partial charge in [0.05, 0.1) is 16.4 Å². The Kier molecular flexibility index (Phi) is 7.06. The fraction of sp³-hybridized carbons (Fsp3) is 0.481. The highest BCUT2D eigenvalue weighted by Crippen LogP contribution is 2.41. The number of anilines is 1. The lowest BCUT2D eigenvalue weighted by molar-refractivity contribution is -0.127. The quantitative estimate of drug-likeness (QED) is 0.606. The van der Waals surface area contributed by atoms with Gasteiger partial charge in [-0.1, -0.05) is 30.3 Å². The number of nitrogens with zero attached hydrogens (tertiary/aromatic N) is 1. The third kappa shape index (κ3) is 5.14. The molecule has 1 saturated carbocycles. The summed E-state index contributed by atoms with van der Waals surface area (Å²) >= 11 is 0. The van der Waals surface area contributed by atoms with E-state index in [1.807, 2.05) is 51.1 Å². The average Bonchev–Trinajstić information content (AvgIpc) is 3.03. The van der Waals surface area contributed by atoms with Gasteiger partial charge in [-0.05, 0) is 81.7 Å². The molecule has 2 aromatic rings. The van der Waals surface area contributed by atoms with E-state index in [9.17, 15) is 18.0 Å². The van der Waals surface area contributed by atoms with Crippen molar-refractivity contribution in [1.82, 2.24) is 10.0 Å². The summed E-state index contributed by atoms with van der Waals surface area (Å²) in [5.41, 5.74) is 1.79. The van der Waals surface area contributed by atoms with Crippen molar-refractivity contribution in [3.05, 3.63) is 59.7 Å². The molecule has 0 aromatic heterocycles. The minimum Gasteiger partial charge on any atom is -0.349 e. The van der Waals surface area contributed by atoms with Crippen molar-refractivity contribution in [2.24, 2.45) is 11.8 Å². The fourth-order valence-electron chi connectivity index (χ4n) is 5.22. The second-order valence-electron chi connectivity index (χ2n) is 10.4. The SMILES string of the molecule is C[C@@H](NC(=O)C1CCC(CNS(=O)(=O)c2ccc3c(c2)C(C)(C)C(=O)N3C)CC1)c1ccccc1. The number of nitrogens with one attached hydrogen (secondary N) is 2. The Morgan fingerprint density at radius 1 is 1.09 bits per heavy atom. The van der Waals surface area contributed by atoms with Gasteiger partial charge in [0.1, 0.15) is 0 Å². The molecule has 188 valence electrons. The van der Waals surface area contributed by atoms with Crippen molar-refractivity contribution in [3.8, 4) is 0 Å². The lowest BCUT2D eigenvalue weighted by Crippen LogP contribution is -2.37. The van der Waals surface area contributed by atoms with Crippen LogP contribution in [0.3, 0.4) is 0 Å². The molecule has 1 heterocycles. The molecule has 1 atom stereocenters. The van der Waals surface area contributed by atoms with Crippen LogP contribution in [-0.4, -0.2) is 33.8 Å². The van der Waals surface area contributed by atoms with Gasteiger partial charge in [0.2, 0.25) is 21.8 Å². The zero-order chi connectivity index (χ0) is 25.4. The van der Waals surface area contributed by atoms with Gasteiger partial charge >= 0.3 is 0 Å². The normalized spacial score (nSPS) is 22.5. The van der Waals surface area contributed by atoms with Crippen LogP contribution >= 0.6 is 0 Å². The molecule has 1 fully saturated rings. The van der Waals surface area contributed by atoms with E-state index in [-0.39, 0.29) is 34.6 Å². The second kappa shape index (κ2) is 9.74. The van der Waals surface area contributed by atoms with E-state index in [2.05, 4.69) is 10.0 Å². The van der Waals surface area contributed by atoms with Gasteiger partial charge in [-0.25, -0.2) is 13.1 Å². The first kappa shape index (κ1) is 25.4. The highest BCUT2D eigenvalue weighted by molar-refractivity contribution is 7.89. The van der Waals surface area contributed by atoms with Crippen LogP contribution in [0, 0.1) is 11.8 Å². The van der Waals surface area contributed by atoms with Gasteiger partial charge in [-0.15, -0.1) is 0 Å². The monoisotopic (exact) mass is 497 g/mol. The zero-order valence-electron chi connectivity index (χ0n) is 20.9. The second-order valence-corrected chi connectivity index (χ2v) is 12.1. The fourth-order valence-corrected chi connectivity index (χ4v) is 6.36. The highest BCUT2D eigenvalue weighted by atomic mass is 32.2. The van der Waals surface area contributed by atoms with Gasteiger partial charge in [0, 0.05) is 25.2 Å². The largest absolute Gasteiger partial charge is 0.349 e. The number of benzene rings is 2. The lowest BCUT2D eigenvalue weighted by Gasteiger charge is -2.29. The van der Waals surface area contributed by atoms with Crippen molar-refractivity contribution in [2.75, 3.05) is 18.5 Å². The van der Waals surface area contributed by atoms with E-state index in [4.69, 9.17) is 0 Å². The summed E-state index contributed by atoms with van der Waals surface area (Å²) in [6.45, 7) is 5.96. The standard InChI is InChI=1S/C27H35N3O4S/c1-18(20-8-6-5-7-9-20)29-25(31)21-12-10-19(11-13-21)17-28-35(33,34)22-14-15-24-23(16-22)27(2,3)26(32)30(24)4/h5-9,14-16,18-19,21,28H,10-13,17H2,1-4H3,(H,29,31)/t18-,19?,21?/m1/s1. The van der Waals surface area contributed by atoms with Gasteiger partial charge in [-0.2, -0.15) is 0 Å². The number of carbonyl (C=O) groups excluding carboxylic acids is 2. The topological polar surface area (TPSA) is 95.6 Å². The summed E-state index contributed by atoms with van der Waals surface area (Å²) in [6.07, 6.45) is 3.11. The number of likely N-dealkylation sites (N-methyl/N-ethyl adjacent to an activating group) is 1. The molecule has 35 heavy (non-hydrogen) atoms.